The number of nitro groups is 1. The third kappa shape index (κ3) is 5.02. The van der Waals surface area contributed by atoms with Crippen LogP contribution >= 0.6 is 0 Å². The molecule has 1 saturated heterocycles. The van der Waals surface area contributed by atoms with Crippen molar-refractivity contribution in [3.63, 3.8) is 0 Å². The van der Waals surface area contributed by atoms with Crippen molar-refractivity contribution in [2.45, 2.75) is 38.9 Å². The van der Waals surface area contributed by atoms with Gasteiger partial charge in [-0.1, -0.05) is 0 Å². The summed E-state index contributed by atoms with van der Waals surface area (Å²) < 4.78 is 10.6. The van der Waals surface area contributed by atoms with Crippen LogP contribution in [0.2, 0.25) is 0 Å². The molecule has 130 valence electrons. The molecule has 2 atom stereocenters. The molecule has 1 aliphatic heterocycles. The maximum Gasteiger partial charge on any atom is 0.309 e. The summed E-state index contributed by atoms with van der Waals surface area (Å²) >= 11 is 0. The molecule has 0 spiro atoms. The minimum absolute atomic E-state index is 0.00794. The van der Waals surface area contributed by atoms with E-state index in [2.05, 4.69) is 5.32 Å². The smallest absolute Gasteiger partial charge is 0.309 e. The summed E-state index contributed by atoms with van der Waals surface area (Å²) in [6.07, 6.45) is 0.179. The number of carbonyl (C=O) groups is 2. The largest absolute Gasteiger partial charge is 0.460 e. The Morgan fingerprint density at radius 1 is 1.42 bits per heavy atom. The lowest BCUT2D eigenvalue weighted by Gasteiger charge is -2.12. The Hall–Kier alpha value is -2.48. The summed E-state index contributed by atoms with van der Waals surface area (Å²) in [7, 11) is 0. The standard InChI is InChI=1S/C16H20N2O6/c1-10(2)23-9-14-7-11(16(20)24-14)8-15(19)17-12-3-5-13(6-4-12)18(21)22/h3-6,10-11,14H,7-9H2,1-2H3,(H,17,19)/t11-,14+/m0/s1. The summed E-state index contributed by atoms with van der Waals surface area (Å²) in [6.45, 7) is 4.11. The second-order valence-corrected chi connectivity index (χ2v) is 5.93. The van der Waals surface area contributed by atoms with E-state index in [-0.39, 0.29) is 30.2 Å². The fourth-order valence-electron chi connectivity index (χ4n) is 2.39. The van der Waals surface area contributed by atoms with Gasteiger partial charge in [-0.2, -0.15) is 0 Å². The normalized spacial score (nSPS) is 20.0. The predicted octanol–water partition coefficient (Wildman–Crippen LogP) is 2.28. The molecule has 1 amide bonds. The maximum atomic E-state index is 12.0. The zero-order chi connectivity index (χ0) is 17.7. The number of esters is 1. The first kappa shape index (κ1) is 17.9. The van der Waals surface area contributed by atoms with Gasteiger partial charge in [0.15, 0.2) is 0 Å². The summed E-state index contributed by atoms with van der Waals surface area (Å²) in [5, 5.41) is 13.2. The van der Waals surface area contributed by atoms with E-state index < -0.39 is 16.8 Å². The number of nitrogens with one attached hydrogen (secondary N) is 1. The van der Waals surface area contributed by atoms with Crippen LogP contribution in [0.25, 0.3) is 0 Å². The van der Waals surface area contributed by atoms with Gasteiger partial charge in [0.25, 0.3) is 5.69 Å². The van der Waals surface area contributed by atoms with Gasteiger partial charge in [-0.05, 0) is 26.0 Å². The molecular weight excluding hydrogens is 316 g/mol. The highest BCUT2D eigenvalue weighted by molar-refractivity contribution is 5.93. The van der Waals surface area contributed by atoms with Gasteiger partial charge in [-0.3, -0.25) is 19.7 Å². The van der Waals surface area contributed by atoms with Crippen LogP contribution in [-0.4, -0.2) is 35.6 Å². The van der Waals surface area contributed by atoms with Crippen molar-refractivity contribution in [3.05, 3.63) is 34.4 Å². The zero-order valence-electron chi connectivity index (χ0n) is 13.6. The van der Waals surface area contributed by atoms with Gasteiger partial charge < -0.3 is 14.8 Å². The van der Waals surface area contributed by atoms with Gasteiger partial charge in [-0.15, -0.1) is 0 Å². The number of nitro benzene ring substituents is 1. The number of cyclic esters (lactones) is 1. The minimum Gasteiger partial charge on any atom is -0.460 e. The molecule has 0 bridgehead atoms. The van der Waals surface area contributed by atoms with Crippen LogP contribution in [0, 0.1) is 16.0 Å². The van der Waals surface area contributed by atoms with Crippen LogP contribution in [0.5, 0.6) is 0 Å². The number of nitrogens with zero attached hydrogens (tertiary/aromatic N) is 1. The Morgan fingerprint density at radius 3 is 2.67 bits per heavy atom. The molecule has 0 saturated carbocycles. The van der Waals surface area contributed by atoms with E-state index in [1.807, 2.05) is 13.8 Å². The summed E-state index contributed by atoms with van der Waals surface area (Å²) in [4.78, 5) is 33.9. The first-order valence-electron chi connectivity index (χ1n) is 7.71. The molecule has 24 heavy (non-hydrogen) atoms. The second-order valence-electron chi connectivity index (χ2n) is 5.93. The van der Waals surface area contributed by atoms with Crippen molar-refractivity contribution in [3.8, 4) is 0 Å². The molecule has 1 heterocycles. The topological polar surface area (TPSA) is 108 Å². The van der Waals surface area contributed by atoms with Crippen LogP contribution in [0.15, 0.2) is 24.3 Å². The first-order chi connectivity index (χ1) is 11.3. The lowest BCUT2D eigenvalue weighted by molar-refractivity contribution is -0.384. The van der Waals surface area contributed by atoms with Crippen LogP contribution < -0.4 is 5.32 Å². The Bertz CT molecular complexity index is 613. The monoisotopic (exact) mass is 336 g/mol. The fraction of sp³-hybridized carbons (Fsp3) is 0.500. The number of rotatable bonds is 7. The molecular formula is C16H20N2O6. The van der Waals surface area contributed by atoms with Gasteiger partial charge in [0.05, 0.1) is 23.6 Å². The highest BCUT2D eigenvalue weighted by atomic mass is 16.6. The third-order valence-corrected chi connectivity index (χ3v) is 3.57. The van der Waals surface area contributed by atoms with E-state index in [1.54, 1.807) is 0 Å². The van der Waals surface area contributed by atoms with Crippen LogP contribution in [-0.2, 0) is 19.1 Å². The molecule has 1 aromatic carbocycles. The molecule has 8 heteroatoms. The molecule has 1 aliphatic rings. The molecule has 1 aromatic rings. The van der Waals surface area contributed by atoms with Crippen LogP contribution in [0.3, 0.4) is 0 Å². The SMILES string of the molecule is CC(C)OC[C@H]1C[C@@H](CC(=O)Nc2ccc([N+](=O)[O-])cc2)C(=O)O1. The highest BCUT2D eigenvalue weighted by Gasteiger charge is 2.36. The Kier molecular flexibility index (Phi) is 5.86. The van der Waals surface area contributed by atoms with Gasteiger partial charge in [0, 0.05) is 30.7 Å². The van der Waals surface area contributed by atoms with Gasteiger partial charge in [0.1, 0.15) is 6.10 Å². The van der Waals surface area contributed by atoms with Gasteiger partial charge in [-0.25, -0.2) is 0 Å². The molecule has 2 rings (SSSR count). The molecule has 0 radical (unpaired) electrons. The Morgan fingerprint density at radius 2 is 2.08 bits per heavy atom. The first-order valence-corrected chi connectivity index (χ1v) is 7.71. The van der Waals surface area contributed by atoms with Crippen molar-refractivity contribution >= 4 is 23.3 Å². The van der Waals surface area contributed by atoms with Gasteiger partial charge in [0.2, 0.25) is 5.91 Å². The minimum atomic E-state index is -0.514. The van der Waals surface area contributed by atoms with Gasteiger partial charge >= 0.3 is 5.97 Å². The van der Waals surface area contributed by atoms with E-state index >= 15 is 0 Å². The van der Waals surface area contributed by atoms with Crippen molar-refractivity contribution < 1.29 is 24.0 Å². The summed E-state index contributed by atoms with van der Waals surface area (Å²) in [6, 6.07) is 5.50. The average molecular weight is 336 g/mol. The molecule has 8 nitrogen and oxygen atoms in total. The quantitative estimate of drug-likeness (QED) is 0.465. The van der Waals surface area contributed by atoms with E-state index in [0.717, 1.165) is 0 Å². The number of ether oxygens (including phenoxy) is 2. The zero-order valence-corrected chi connectivity index (χ0v) is 13.6. The maximum absolute atomic E-state index is 12.0. The predicted molar refractivity (Wildman–Crippen MR) is 85.4 cm³/mol. The lowest BCUT2D eigenvalue weighted by Crippen LogP contribution is -2.19. The number of hydrogen-bond donors (Lipinski definition) is 1. The summed E-state index contributed by atoms with van der Waals surface area (Å²) in [5.41, 5.74) is 0.386. The molecule has 1 fully saturated rings. The van der Waals surface area contributed by atoms with E-state index in [4.69, 9.17) is 9.47 Å². The Labute approximate surface area is 139 Å². The fourth-order valence-corrected chi connectivity index (χ4v) is 2.39. The molecule has 0 unspecified atom stereocenters. The number of benzene rings is 1. The van der Waals surface area contributed by atoms with Crippen LogP contribution in [0.4, 0.5) is 11.4 Å². The number of anilines is 1. The lowest BCUT2D eigenvalue weighted by atomic mass is 10.0. The second kappa shape index (κ2) is 7.87. The third-order valence-electron chi connectivity index (χ3n) is 3.57. The molecule has 0 aromatic heterocycles. The molecule has 1 N–H and O–H groups in total. The Balaban J connectivity index is 1.83. The average Bonchev–Trinajstić information content (AvgIpc) is 2.85. The summed E-state index contributed by atoms with van der Waals surface area (Å²) in [5.74, 6) is -1.23. The van der Waals surface area contributed by atoms with Crippen molar-refractivity contribution in [2.75, 3.05) is 11.9 Å². The van der Waals surface area contributed by atoms with E-state index in [1.165, 1.54) is 24.3 Å². The number of non-ortho nitro benzene ring substituents is 1. The number of hydrogen-bond acceptors (Lipinski definition) is 6. The number of amides is 1. The van der Waals surface area contributed by atoms with E-state index in [0.29, 0.717) is 18.7 Å². The molecule has 0 aliphatic carbocycles. The van der Waals surface area contributed by atoms with Crippen molar-refractivity contribution in [2.24, 2.45) is 5.92 Å². The van der Waals surface area contributed by atoms with Crippen molar-refractivity contribution in [1.29, 1.82) is 0 Å². The highest BCUT2D eigenvalue weighted by Crippen LogP contribution is 2.25. The van der Waals surface area contributed by atoms with E-state index in [9.17, 15) is 19.7 Å². The van der Waals surface area contributed by atoms with Crippen molar-refractivity contribution in [1.82, 2.24) is 0 Å². The number of carbonyl (C=O) groups excluding carboxylic acids is 2. The van der Waals surface area contributed by atoms with Crippen LogP contribution in [0.1, 0.15) is 26.7 Å².